The largest absolute Gasteiger partial charge is 0.477 e. The van der Waals surface area contributed by atoms with Crippen LogP contribution in [0, 0.1) is 0 Å². The van der Waals surface area contributed by atoms with Gasteiger partial charge >= 0.3 is 17.9 Å². The second-order valence-electron chi connectivity index (χ2n) is 22.0. The maximum atomic E-state index is 12.9. The van der Waals surface area contributed by atoms with E-state index in [-0.39, 0.29) is 38.6 Å². The number of unbranched alkanes of at least 4 members (excludes halogenated alkanes) is 18. The van der Waals surface area contributed by atoms with Gasteiger partial charge in [0.25, 0.3) is 6.29 Å². The van der Waals surface area contributed by atoms with Crippen molar-refractivity contribution in [1.29, 1.82) is 0 Å². The predicted molar refractivity (Wildman–Crippen MR) is 345 cm³/mol. The van der Waals surface area contributed by atoms with E-state index in [1.807, 2.05) is 21.1 Å². The van der Waals surface area contributed by atoms with Crippen molar-refractivity contribution in [1.82, 2.24) is 0 Å². The summed E-state index contributed by atoms with van der Waals surface area (Å²) in [5, 5.41) is 9.71. The van der Waals surface area contributed by atoms with Crippen LogP contribution in [0.5, 0.6) is 0 Å². The molecular weight excluding hydrogens is 1010 g/mol. The van der Waals surface area contributed by atoms with E-state index < -0.39 is 24.3 Å². The number of allylic oxidation sites excluding steroid dienone is 24. The Bertz CT molecular complexity index is 1840. The van der Waals surface area contributed by atoms with Gasteiger partial charge in [0.15, 0.2) is 6.10 Å². The van der Waals surface area contributed by atoms with E-state index in [0.29, 0.717) is 17.4 Å². The van der Waals surface area contributed by atoms with Gasteiger partial charge in [0, 0.05) is 12.8 Å². The topological polar surface area (TPSA) is 108 Å². The molecule has 0 fully saturated rings. The molecule has 0 aromatic rings. The van der Waals surface area contributed by atoms with Crippen LogP contribution in [0.3, 0.4) is 0 Å². The van der Waals surface area contributed by atoms with E-state index in [4.69, 9.17) is 18.9 Å². The molecule has 0 aromatic carbocycles. The van der Waals surface area contributed by atoms with Crippen LogP contribution in [0.2, 0.25) is 0 Å². The minimum absolute atomic E-state index is 0.178. The van der Waals surface area contributed by atoms with Gasteiger partial charge in [-0.1, -0.05) is 250 Å². The second-order valence-corrected chi connectivity index (χ2v) is 22.0. The normalized spacial score (nSPS) is 13.7. The fourth-order valence-electron chi connectivity index (χ4n) is 8.26. The third kappa shape index (κ3) is 62.6. The fraction of sp³-hybridized carbons (Fsp3) is 0.625. The number of carboxylic acids is 1. The van der Waals surface area contributed by atoms with Gasteiger partial charge in [0.1, 0.15) is 13.2 Å². The van der Waals surface area contributed by atoms with Crippen LogP contribution in [-0.2, 0) is 33.3 Å². The Kier molecular flexibility index (Phi) is 57.6. The minimum atomic E-state index is -1.52. The first-order valence-corrected chi connectivity index (χ1v) is 32.0. The quantitative estimate of drug-likeness (QED) is 0.0211. The number of likely N-dealkylation sites (N-methyl/N-ethyl adjacent to an activating group) is 1. The molecule has 0 spiro atoms. The average molecular weight is 1130 g/mol. The maximum absolute atomic E-state index is 12.9. The van der Waals surface area contributed by atoms with Crippen molar-refractivity contribution >= 4 is 17.9 Å². The minimum Gasteiger partial charge on any atom is -0.477 e. The molecule has 0 rings (SSSR count). The number of hydrogen-bond acceptors (Lipinski definition) is 7. The standard InChI is InChI=1S/C72H117NO8/c1-6-8-10-12-14-16-18-20-22-23-24-25-26-27-28-29-30-31-32-33-34-35-36-37-38-39-40-41-42-43-44-45-46-47-49-51-53-55-57-59-61-63-70(75)81-68(67-80-72(71(76)77)78-65-64-73(3,4)5)66-79-69(74)62-60-58-56-54-52-50-48-21-19-17-15-13-11-9-7-2/h8-11,14-17,20-22,24-25,27-28,30-31,33-34,36-37,39-40,48,68,72H,6-7,12-13,18-19,23,26,29,32,35,38,41-47,49-67H2,1-5H3/p+1/b10-8-,11-9-,16-14-,17-15-,22-20-,25-24-,28-27-,31-30-,34-33-,37-36-,40-39-,48-21-. The van der Waals surface area contributed by atoms with Crippen molar-refractivity contribution < 1.29 is 42.9 Å². The highest BCUT2D eigenvalue weighted by Gasteiger charge is 2.25. The van der Waals surface area contributed by atoms with Gasteiger partial charge in [-0.15, -0.1) is 0 Å². The number of carboxylic acid groups (broad SMARTS) is 1. The van der Waals surface area contributed by atoms with Crippen LogP contribution < -0.4 is 0 Å². The summed E-state index contributed by atoms with van der Waals surface area (Å²) in [5.41, 5.74) is 0. The number of hydrogen-bond donors (Lipinski definition) is 1. The lowest BCUT2D eigenvalue weighted by molar-refractivity contribution is -0.870. The lowest BCUT2D eigenvalue weighted by Crippen LogP contribution is -2.40. The van der Waals surface area contributed by atoms with Gasteiger partial charge in [-0.05, 0) is 116 Å². The van der Waals surface area contributed by atoms with Crippen molar-refractivity contribution in [2.24, 2.45) is 0 Å². The molecule has 0 saturated heterocycles. The summed E-state index contributed by atoms with van der Waals surface area (Å²) in [4.78, 5) is 37.4. The zero-order chi connectivity index (χ0) is 59.1. The van der Waals surface area contributed by atoms with Gasteiger partial charge < -0.3 is 28.5 Å². The molecular formula is C72H118NO8+. The first-order valence-electron chi connectivity index (χ1n) is 32.0. The van der Waals surface area contributed by atoms with E-state index in [9.17, 15) is 19.5 Å². The highest BCUT2D eigenvalue weighted by atomic mass is 16.7. The Labute approximate surface area is 496 Å². The number of nitrogens with zero attached hydrogens (tertiary/aromatic N) is 1. The van der Waals surface area contributed by atoms with E-state index in [2.05, 4.69) is 160 Å². The molecule has 0 saturated carbocycles. The molecule has 0 radical (unpaired) electrons. The zero-order valence-corrected chi connectivity index (χ0v) is 52.1. The third-order valence-corrected chi connectivity index (χ3v) is 13.1. The lowest BCUT2D eigenvalue weighted by Gasteiger charge is -2.25. The Balaban J connectivity index is 4.10. The molecule has 0 aromatic heterocycles. The molecule has 9 nitrogen and oxygen atoms in total. The van der Waals surface area contributed by atoms with Crippen LogP contribution in [0.4, 0.5) is 0 Å². The van der Waals surface area contributed by atoms with Crippen molar-refractivity contribution in [2.75, 3.05) is 47.5 Å². The van der Waals surface area contributed by atoms with Crippen molar-refractivity contribution in [3.8, 4) is 0 Å². The van der Waals surface area contributed by atoms with Crippen molar-refractivity contribution in [2.45, 2.75) is 245 Å². The number of rotatable bonds is 57. The number of carbonyl (C=O) groups is 3. The summed E-state index contributed by atoms with van der Waals surface area (Å²) in [6.07, 6.45) is 86.7. The lowest BCUT2D eigenvalue weighted by atomic mass is 10.0. The van der Waals surface area contributed by atoms with Gasteiger partial charge in [0.2, 0.25) is 0 Å². The van der Waals surface area contributed by atoms with Crippen LogP contribution >= 0.6 is 0 Å². The van der Waals surface area contributed by atoms with Gasteiger partial charge in [-0.25, -0.2) is 4.79 Å². The summed E-state index contributed by atoms with van der Waals surface area (Å²) >= 11 is 0. The number of ether oxygens (including phenoxy) is 4. The van der Waals surface area contributed by atoms with Crippen LogP contribution in [-0.4, -0.2) is 87.4 Å². The summed E-state index contributed by atoms with van der Waals surface area (Å²) in [6.45, 7) is 4.61. The molecule has 9 heteroatoms. The molecule has 0 bridgehead atoms. The summed E-state index contributed by atoms with van der Waals surface area (Å²) in [7, 11) is 5.95. The van der Waals surface area contributed by atoms with Crippen molar-refractivity contribution in [3.05, 3.63) is 146 Å². The highest BCUT2D eigenvalue weighted by molar-refractivity contribution is 5.71. The van der Waals surface area contributed by atoms with Crippen LogP contribution in [0.1, 0.15) is 232 Å². The highest BCUT2D eigenvalue weighted by Crippen LogP contribution is 2.15. The van der Waals surface area contributed by atoms with E-state index >= 15 is 0 Å². The van der Waals surface area contributed by atoms with E-state index in [1.54, 1.807) is 0 Å². The number of quaternary nitrogens is 1. The zero-order valence-electron chi connectivity index (χ0n) is 52.1. The number of esters is 2. The van der Waals surface area contributed by atoms with Gasteiger partial charge in [-0.2, -0.15) is 0 Å². The Hall–Kier alpha value is -4.83. The summed E-state index contributed by atoms with van der Waals surface area (Å²) < 4.78 is 22.9. The average Bonchev–Trinajstić information content (AvgIpc) is 3.44. The Morgan fingerprint density at radius 3 is 0.988 bits per heavy atom. The Morgan fingerprint density at radius 2 is 0.667 bits per heavy atom. The van der Waals surface area contributed by atoms with Crippen LogP contribution in [0.25, 0.3) is 0 Å². The number of aliphatic carboxylic acids is 1. The third-order valence-electron chi connectivity index (χ3n) is 13.1. The molecule has 2 atom stereocenters. The summed E-state index contributed by atoms with van der Waals surface area (Å²) in [6, 6.07) is 0. The predicted octanol–water partition coefficient (Wildman–Crippen LogP) is 19.6. The molecule has 0 aliphatic carbocycles. The van der Waals surface area contributed by atoms with Gasteiger partial charge in [-0.3, -0.25) is 9.59 Å². The van der Waals surface area contributed by atoms with E-state index in [0.717, 1.165) is 135 Å². The molecule has 1 N–H and O–H groups in total. The molecule has 2 unspecified atom stereocenters. The smallest absolute Gasteiger partial charge is 0.361 e. The SMILES string of the molecule is CC/C=C\C/C=C\C/C=C\C/C=C\C/C=C\C/C=C\C/C=C\C/C=C\C/C=C\CCCCCCCCCCCCCCCC(=O)OC(COC(=O)CCCCCCC/C=C\C/C=C\C/C=C\CC)COC(OCC[N+](C)(C)C)C(=O)O. The maximum Gasteiger partial charge on any atom is 0.361 e. The molecule has 0 aliphatic rings. The second kappa shape index (κ2) is 61.2. The molecule has 458 valence electrons. The van der Waals surface area contributed by atoms with Crippen LogP contribution in [0.15, 0.2) is 146 Å². The summed E-state index contributed by atoms with van der Waals surface area (Å²) in [5.74, 6) is -2.04. The van der Waals surface area contributed by atoms with Gasteiger partial charge in [0.05, 0.1) is 34.4 Å². The monoisotopic (exact) mass is 1120 g/mol. The van der Waals surface area contributed by atoms with E-state index in [1.165, 1.54) is 64.2 Å². The first kappa shape index (κ1) is 76.2. The first-order chi connectivity index (χ1) is 39.6. The Morgan fingerprint density at radius 1 is 0.370 bits per heavy atom. The molecule has 0 heterocycles. The molecule has 81 heavy (non-hydrogen) atoms. The molecule has 0 amide bonds. The number of carbonyl (C=O) groups excluding carboxylic acids is 2. The fourth-order valence-corrected chi connectivity index (χ4v) is 8.26. The van der Waals surface area contributed by atoms with Crippen molar-refractivity contribution in [3.63, 3.8) is 0 Å². The molecule has 0 aliphatic heterocycles.